The van der Waals surface area contributed by atoms with Crippen LogP contribution in [0.4, 0.5) is 0 Å². The first kappa shape index (κ1) is 13.1. The Kier molecular flexibility index (Phi) is 3.22. The molecule has 0 saturated heterocycles. The third-order valence-corrected chi connectivity index (χ3v) is 4.15. The van der Waals surface area contributed by atoms with Gasteiger partial charge in [-0.3, -0.25) is 4.79 Å². The molecule has 1 aliphatic rings. The van der Waals surface area contributed by atoms with E-state index in [0.717, 1.165) is 18.4 Å². The number of nitrogens with one attached hydrogen (secondary N) is 1. The van der Waals surface area contributed by atoms with Crippen LogP contribution in [0.3, 0.4) is 0 Å². The summed E-state index contributed by atoms with van der Waals surface area (Å²) in [6, 6.07) is 12.6. The fraction of sp³-hybridized carbons (Fsp3) is 0.353. The van der Waals surface area contributed by atoms with Crippen molar-refractivity contribution in [1.29, 1.82) is 0 Å². The van der Waals surface area contributed by atoms with Gasteiger partial charge in [0.25, 0.3) is 0 Å². The Bertz CT molecular complexity index is 659. The van der Waals surface area contributed by atoms with Crippen LogP contribution in [0.5, 0.6) is 0 Å². The molecule has 3 heteroatoms. The molecule has 0 atom stereocenters. The van der Waals surface area contributed by atoms with E-state index >= 15 is 0 Å². The van der Waals surface area contributed by atoms with Crippen LogP contribution in [0.25, 0.3) is 10.8 Å². The van der Waals surface area contributed by atoms with Gasteiger partial charge in [-0.1, -0.05) is 35.9 Å². The predicted octanol–water partition coefficient (Wildman–Crippen LogP) is 2.54. The van der Waals surface area contributed by atoms with Gasteiger partial charge in [-0.15, -0.1) is 0 Å². The molecule has 104 valence electrons. The molecule has 0 radical (unpaired) electrons. The van der Waals surface area contributed by atoms with E-state index in [1.165, 1.54) is 16.3 Å². The number of fused-ring (bicyclic) bond motifs is 1. The van der Waals surface area contributed by atoms with E-state index in [1.54, 1.807) is 0 Å². The third kappa shape index (κ3) is 2.41. The van der Waals surface area contributed by atoms with Gasteiger partial charge >= 0.3 is 0 Å². The van der Waals surface area contributed by atoms with Gasteiger partial charge in [0.2, 0.25) is 5.91 Å². The van der Waals surface area contributed by atoms with E-state index in [9.17, 15) is 9.90 Å². The lowest BCUT2D eigenvalue weighted by Crippen LogP contribution is -2.33. The smallest absolute Gasteiger partial charge is 0.228 e. The number of carbonyl (C=O) groups excluding carboxylic acids is 1. The second-order valence-electron chi connectivity index (χ2n) is 5.81. The normalized spacial score (nSPS) is 16.1. The van der Waals surface area contributed by atoms with Crippen molar-refractivity contribution in [2.75, 3.05) is 6.61 Å². The van der Waals surface area contributed by atoms with Crippen LogP contribution in [0.15, 0.2) is 36.4 Å². The molecule has 0 unspecified atom stereocenters. The Morgan fingerprint density at radius 3 is 2.60 bits per heavy atom. The molecule has 3 rings (SSSR count). The molecular formula is C17H19NO2. The number of hydrogen-bond donors (Lipinski definition) is 2. The van der Waals surface area contributed by atoms with Gasteiger partial charge < -0.3 is 10.4 Å². The first-order valence-corrected chi connectivity index (χ1v) is 7.01. The van der Waals surface area contributed by atoms with Crippen molar-refractivity contribution < 1.29 is 9.90 Å². The van der Waals surface area contributed by atoms with Crippen molar-refractivity contribution in [1.82, 2.24) is 5.32 Å². The summed E-state index contributed by atoms with van der Waals surface area (Å²) < 4.78 is 0. The molecule has 1 aliphatic carbocycles. The van der Waals surface area contributed by atoms with Crippen LogP contribution in [0, 0.1) is 12.3 Å². The third-order valence-electron chi connectivity index (χ3n) is 4.15. The number of aryl methyl sites for hydroxylation is 1. The Labute approximate surface area is 118 Å². The van der Waals surface area contributed by atoms with E-state index in [1.807, 2.05) is 6.07 Å². The molecule has 1 saturated carbocycles. The maximum atomic E-state index is 12.0. The summed E-state index contributed by atoms with van der Waals surface area (Å²) in [6.45, 7) is 2.55. The summed E-state index contributed by atoms with van der Waals surface area (Å²) in [5.41, 5.74) is 1.84. The van der Waals surface area contributed by atoms with Gasteiger partial charge in [-0.2, -0.15) is 0 Å². The van der Waals surface area contributed by atoms with Gasteiger partial charge in [0.05, 0.1) is 12.0 Å². The highest BCUT2D eigenvalue weighted by atomic mass is 16.3. The zero-order valence-corrected chi connectivity index (χ0v) is 11.6. The largest absolute Gasteiger partial charge is 0.395 e. The molecule has 0 heterocycles. The Hall–Kier alpha value is -1.87. The minimum atomic E-state index is -0.492. The van der Waals surface area contributed by atoms with Crippen LogP contribution < -0.4 is 5.32 Å². The molecule has 0 bridgehead atoms. The molecule has 2 N–H and O–H groups in total. The lowest BCUT2D eigenvalue weighted by Gasteiger charge is -2.12. The van der Waals surface area contributed by atoms with Crippen LogP contribution in [-0.4, -0.2) is 17.6 Å². The van der Waals surface area contributed by atoms with Crippen LogP contribution in [0.1, 0.15) is 24.0 Å². The summed E-state index contributed by atoms with van der Waals surface area (Å²) >= 11 is 0. The number of rotatable bonds is 4. The maximum Gasteiger partial charge on any atom is 0.228 e. The first-order valence-electron chi connectivity index (χ1n) is 7.01. The quantitative estimate of drug-likeness (QED) is 0.896. The van der Waals surface area contributed by atoms with Crippen LogP contribution in [0.2, 0.25) is 0 Å². The highest BCUT2D eigenvalue weighted by Gasteiger charge is 2.49. The van der Waals surface area contributed by atoms with Crippen molar-refractivity contribution in [3.8, 4) is 0 Å². The summed E-state index contributed by atoms with van der Waals surface area (Å²) in [5.74, 6) is -0.0241. The average Bonchev–Trinajstić information content (AvgIpc) is 3.26. The minimum Gasteiger partial charge on any atom is -0.395 e. The van der Waals surface area contributed by atoms with Gasteiger partial charge in [-0.25, -0.2) is 0 Å². The van der Waals surface area contributed by atoms with E-state index in [-0.39, 0.29) is 12.5 Å². The van der Waals surface area contributed by atoms with E-state index in [0.29, 0.717) is 6.54 Å². The summed E-state index contributed by atoms with van der Waals surface area (Å²) in [7, 11) is 0. The molecular weight excluding hydrogens is 250 g/mol. The number of aliphatic hydroxyl groups excluding tert-OH is 1. The van der Waals surface area contributed by atoms with Crippen molar-refractivity contribution >= 4 is 16.7 Å². The number of hydrogen-bond acceptors (Lipinski definition) is 2. The summed E-state index contributed by atoms with van der Waals surface area (Å²) in [6.07, 6.45) is 1.60. The van der Waals surface area contributed by atoms with Crippen molar-refractivity contribution in [3.05, 3.63) is 47.5 Å². The highest BCUT2D eigenvalue weighted by molar-refractivity contribution is 5.86. The molecule has 2 aromatic carbocycles. The molecule has 3 nitrogen and oxygen atoms in total. The van der Waals surface area contributed by atoms with Crippen molar-refractivity contribution in [2.45, 2.75) is 26.3 Å². The molecule has 0 spiro atoms. The van der Waals surface area contributed by atoms with E-state index in [2.05, 4.69) is 42.6 Å². The van der Waals surface area contributed by atoms with E-state index in [4.69, 9.17) is 0 Å². The number of benzene rings is 2. The lowest BCUT2D eigenvalue weighted by molar-refractivity contribution is -0.127. The monoisotopic (exact) mass is 269 g/mol. The Balaban J connectivity index is 1.72. The maximum absolute atomic E-state index is 12.0. The molecule has 1 fully saturated rings. The predicted molar refractivity (Wildman–Crippen MR) is 79.3 cm³/mol. The lowest BCUT2D eigenvalue weighted by atomic mass is 10.0. The number of aliphatic hydroxyl groups is 1. The summed E-state index contributed by atoms with van der Waals surface area (Å²) in [5, 5.41) is 14.6. The molecule has 1 amide bonds. The molecule has 0 aromatic heterocycles. The fourth-order valence-electron chi connectivity index (χ4n) is 2.50. The Morgan fingerprint density at radius 1 is 1.20 bits per heavy atom. The van der Waals surface area contributed by atoms with Gasteiger partial charge in [-0.05, 0) is 42.2 Å². The standard InChI is InChI=1S/C17H19NO2/c1-12-2-4-15-9-13(3-5-14(15)8-12)10-18-16(20)17(11-19)6-7-17/h2-5,8-9,19H,6-7,10-11H2,1H3,(H,18,20). The molecule has 0 aliphatic heterocycles. The molecule has 2 aromatic rings. The second kappa shape index (κ2) is 4.91. The fourth-order valence-corrected chi connectivity index (χ4v) is 2.50. The zero-order valence-electron chi connectivity index (χ0n) is 11.6. The minimum absolute atomic E-state index is 0.0241. The average molecular weight is 269 g/mol. The SMILES string of the molecule is Cc1ccc2cc(CNC(=O)C3(CO)CC3)ccc2c1. The van der Waals surface area contributed by atoms with Crippen LogP contribution in [-0.2, 0) is 11.3 Å². The first-order chi connectivity index (χ1) is 9.63. The Morgan fingerprint density at radius 2 is 1.90 bits per heavy atom. The van der Waals surface area contributed by atoms with Gasteiger partial charge in [0, 0.05) is 6.54 Å². The summed E-state index contributed by atoms with van der Waals surface area (Å²) in [4.78, 5) is 12.0. The van der Waals surface area contributed by atoms with Crippen LogP contribution >= 0.6 is 0 Å². The van der Waals surface area contributed by atoms with Crippen molar-refractivity contribution in [2.24, 2.45) is 5.41 Å². The second-order valence-corrected chi connectivity index (χ2v) is 5.81. The van der Waals surface area contributed by atoms with Gasteiger partial charge in [0.1, 0.15) is 0 Å². The number of amides is 1. The van der Waals surface area contributed by atoms with Gasteiger partial charge in [0.15, 0.2) is 0 Å². The molecule has 20 heavy (non-hydrogen) atoms. The zero-order chi connectivity index (χ0) is 14.2. The number of carbonyl (C=O) groups is 1. The van der Waals surface area contributed by atoms with Crippen molar-refractivity contribution in [3.63, 3.8) is 0 Å². The topological polar surface area (TPSA) is 49.3 Å². The van der Waals surface area contributed by atoms with E-state index < -0.39 is 5.41 Å². The highest BCUT2D eigenvalue weighted by Crippen LogP contribution is 2.45.